The molecule has 5 fully saturated rings. The number of anilines is 1. The summed E-state index contributed by atoms with van der Waals surface area (Å²) >= 11 is 6.45. The molecule has 0 spiro atoms. The van der Waals surface area contributed by atoms with Crippen molar-refractivity contribution in [2.24, 2.45) is 17.8 Å². The third kappa shape index (κ3) is 5.07. The first-order chi connectivity index (χ1) is 21.4. The number of fused-ring (bicyclic) bond motifs is 2. The number of imidazole rings is 1. The van der Waals surface area contributed by atoms with Crippen molar-refractivity contribution in [3.8, 4) is 11.3 Å². The zero-order chi connectivity index (χ0) is 29.9. The Bertz CT molecular complexity index is 1600. The summed E-state index contributed by atoms with van der Waals surface area (Å²) in [6.45, 7) is 4.69. The average molecular weight is 619 g/mol. The lowest BCUT2D eigenvalue weighted by atomic mass is 9.83. The predicted molar refractivity (Wildman–Crippen MR) is 166 cm³/mol. The number of hydrogen-bond donors (Lipinski definition) is 2. The van der Waals surface area contributed by atoms with Crippen LogP contribution in [0.2, 0.25) is 5.02 Å². The van der Waals surface area contributed by atoms with Gasteiger partial charge in [-0.2, -0.15) is 0 Å². The fourth-order valence-corrected chi connectivity index (χ4v) is 8.10. The van der Waals surface area contributed by atoms with Crippen LogP contribution in [0.25, 0.3) is 22.3 Å². The van der Waals surface area contributed by atoms with E-state index >= 15 is 0 Å². The van der Waals surface area contributed by atoms with Crippen LogP contribution in [0.1, 0.15) is 76.6 Å². The maximum Gasteiger partial charge on any atom is 0.427 e. The Morgan fingerprint density at radius 3 is 2.59 bits per heavy atom. The van der Waals surface area contributed by atoms with E-state index in [1.165, 1.54) is 25.7 Å². The molecule has 3 aromatic heterocycles. The summed E-state index contributed by atoms with van der Waals surface area (Å²) in [5, 5.41) is 3.30. The summed E-state index contributed by atoms with van der Waals surface area (Å²) in [6, 6.07) is 4.29. The van der Waals surface area contributed by atoms with Crippen molar-refractivity contribution in [3.05, 3.63) is 35.2 Å². The van der Waals surface area contributed by atoms with Crippen molar-refractivity contribution in [2.45, 2.75) is 89.5 Å². The van der Waals surface area contributed by atoms with E-state index in [4.69, 9.17) is 26.4 Å². The van der Waals surface area contributed by atoms with Crippen LogP contribution in [-0.4, -0.2) is 61.6 Å². The minimum Gasteiger partial charge on any atom is -0.351 e. The highest BCUT2D eigenvalue weighted by molar-refractivity contribution is 6.30. The zero-order valence-corrected chi connectivity index (χ0v) is 25.8. The molecule has 2 amide bonds. The Balaban J connectivity index is 1.26. The van der Waals surface area contributed by atoms with Gasteiger partial charge in [-0.15, -0.1) is 5.48 Å². The van der Waals surface area contributed by atoms with Gasteiger partial charge in [-0.05, 0) is 68.9 Å². The van der Waals surface area contributed by atoms with Crippen molar-refractivity contribution >= 4 is 40.6 Å². The van der Waals surface area contributed by atoms with Crippen molar-refractivity contribution in [3.63, 3.8) is 0 Å². The molecular weight excluding hydrogens is 580 g/mol. The van der Waals surface area contributed by atoms with Crippen LogP contribution in [-0.2, 0) is 16.2 Å². The molecule has 11 nitrogen and oxygen atoms in total. The molecular formula is C32H39ClN8O3. The zero-order valence-electron chi connectivity index (χ0n) is 25.0. The Morgan fingerprint density at radius 1 is 1.02 bits per heavy atom. The van der Waals surface area contributed by atoms with Gasteiger partial charge in [0, 0.05) is 43.5 Å². The topological polar surface area (TPSA) is 118 Å². The van der Waals surface area contributed by atoms with Gasteiger partial charge in [-0.25, -0.2) is 14.8 Å². The van der Waals surface area contributed by atoms with Gasteiger partial charge < -0.3 is 19.2 Å². The lowest BCUT2D eigenvalue weighted by Crippen LogP contribution is -2.60. The second-order valence-corrected chi connectivity index (χ2v) is 13.9. The first kappa shape index (κ1) is 28.1. The molecule has 5 aliphatic rings. The van der Waals surface area contributed by atoms with E-state index in [-0.39, 0.29) is 18.0 Å². The number of hydroxylamine groups is 1. The van der Waals surface area contributed by atoms with Gasteiger partial charge in [0.05, 0.1) is 39.5 Å². The molecule has 2 N–H and O–H groups in total. The molecule has 1 unspecified atom stereocenters. The van der Waals surface area contributed by atoms with E-state index in [0.29, 0.717) is 22.5 Å². The molecule has 3 aromatic rings. The number of rotatable bonds is 6. The Labute approximate surface area is 261 Å². The number of hydrogen-bond acceptors (Lipinski definition) is 8. The summed E-state index contributed by atoms with van der Waals surface area (Å²) in [4.78, 5) is 49.7. The van der Waals surface area contributed by atoms with Crippen LogP contribution >= 0.6 is 11.6 Å². The number of carbonyl (C=O) groups excluding carboxylic acids is 2. The van der Waals surface area contributed by atoms with Gasteiger partial charge in [-0.1, -0.05) is 31.4 Å². The van der Waals surface area contributed by atoms with E-state index in [9.17, 15) is 9.59 Å². The van der Waals surface area contributed by atoms with E-state index in [1.807, 2.05) is 12.1 Å². The largest absolute Gasteiger partial charge is 0.427 e. The predicted octanol–water partition coefficient (Wildman–Crippen LogP) is 5.20. The molecule has 2 aliphatic heterocycles. The first-order valence-electron chi connectivity index (χ1n) is 16.2. The van der Waals surface area contributed by atoms with E-state index in [2.05, 4.69) is 37.1 Å². The maximum atomic E-state index is 13.3. The van der Waals surface area contributed by atoms with Crippen molar-refractivity contribution < 1.29 is 14.4 Å². The molecule has 3 aliphatic carbocycles. The third-order valence-corrected chi connectivity index (χ3v) is 10.6. The van der Waals surface area contributed by atoms with Crippen LogP contribution in [0, 0.1) is 17.8 Å². The summed E-state index contributed by atoms with van der Waals surface area (Å²) in [5.41, 5.74) is 6.61. The molecule has 0 radical (unpaired) electrons. The molecule has 12 heteroatoms. The van der Waals surface area contributed by atoms with E-state index in [1.54, 1.807) is 12.4 Å². The van der Waals surface area contributed by atoms with Crippen LogP contribution in [0.3, 0.4) is 0 Å². The Kier molecular flexibility index (Phi) is 7.13. The third-order valence-electron chi connectivity index (χ3n) is 10.4. The van der Waals surface area contributed by atoms with Crippen molar-refractivity contribution in [1.82, 2.24) is 35.2 Å². The number of pyridine rings is 2. The van der Waals surface area contributed by atoms with Crippen LogP contribution in [0.5, 0.6) is 0 Å². The smallest absolute Gasteiger partial charge is 0.351 e. The number of nitrogens with one attached hydrogen (secondary N) is 2. The number of halogens is 1. The lowest BCUT2D eigenvalue weighted by molar-refractivity contribution is -0.135. The lowest BCUT2D eigenvalue weighted by Gasteiger charge is -2.45. The number of piperazine rings is 1. The number of amides is 2. The van der Waals surface area contributed by atoms with Crippen LogP contribution in [0.4, 0.5) is 10.7 Å². The molecule has 8 rings (SSSR count). The summed E-state index contributed by atoms with van der Waals surface area (Å²) < 4.78 is 2.40. The van der Waals surface area contributed by atoms with Gasteiger partial charge in [0.1, 0.15) is 0 Å². The summed E-state index contributed by atoms with van der Waals surface area (Å²) in [5.74, 6) is 2.82. The molecule has 3 atom stereocenters. The average Bonchev–Trinajstić information content (AvgIpc) is 3.41. The molecule has 2 saturated heterocycles. The summed E-state index contributed by atoms with van der Waals surface area (Å²) in [7, 11) is 0. The number of nitrogens with zero attached hydrogens (tertiary/aromatic N) is 6. The molecule has 232 valence electrons. The highest BCUT2D eigenvalue weighted by atomic mass is 35.5. The van der Waals surface area contributed by atoms with Crippen LogP contribution in [0.15, 0.2) is 24.5 Å². The van der Waals surface area contributed by atoms with Gasteiger partial charge in [0.15, 0.2) is 6.17 Å². The number of carbonyl (C=O) groups is 2. The summed E-state index contributed by atoms with van der Waals surface area (Å²) in [6.07, 6.45) is 12.3. The monoisotopic (exact) mass is 618 g/mol. The minimum absolute atomic E-state index is 0.223. The van der Waals surface area contributed by atoms with Gasteiger partial charge in [0.2, 0.25) is 11.9 Å². The standard InChI is InChI=1S/C32H39ClN8O3/c1-18-5-7-19(8-6-18)17-41-28-23(14-24(29-37-32(43)44-38-29)35-27(28)21-13-22(33)16-34-15-21)36-31(41)40-12-11-39(30(42)20-9-10-20)25-3-2-4-26(25)40/h13-16,18-20,25-26,29,38H,2-12,17H2,1H3,(H,37,43)/t18?,19?,25-,26-,29?/m1/s1. The molecule has 5 heterocycles. The molecule has 0 aromatic carbocycles. The highest BCUT2D eigenvalue weighted by Gasteiger charge is 2.46. The second-order valence-electron chi connectivity index (χ2n) is 13.5. The number of aromatic nitrogens is 4. The maximum absolute atomic E-state index is 13.3. The van der Waals surface area contributed by atoms with Gasteiger partial charge >= 0.3 is 6.09 Å². The van der Waals surface area contributed by atoms with Gasteiger partial charge in [0.25, 0.3) is 0 Å². The minimum atomic E-state index is -0.609. The molecule has 44 heavy (non-hydrogen) atoms. The Morgan fingerprint density at radius 2 is 1.84 bits per heavy atom. The highest BCUT2D eigenvalue weighted by Crippen LogP contribution is 2.42. The first-order valence-corrected chi connectivity index (χ1v) is 16.6. The van der Waals surface area contributed by atoms with Gasteiger partial charge in [-0.3, -0.25) is 15.1 Å². The Hall–Kier alpha value is -3.44. The van der Waals surface area contributed by atoms with Crippen LogP contribution < -0.4 is 15.7 Å². The second kappa shape index (κ2) is 11.2. The van der Waals surface area contributed by atoms with E-state index in [0.717, 1.165) is 85.9 Å². The fraction of sp³-hybridized carbons (Fsp3) is 0.594. The normalized spacial score (nSPS) is 28.7. The molecule has 3 saturated carbocycles. The van der Waals surface area contributed by atoms with E-state index < -0.39 is 12.3 Å². The molecule has 0 bridgehead atoms. The fourth-order valence-electron chi connectivity index (χ4n) is 7.92. The van der Waals surface area contributed by atoms with Crippen molar-refractivity contribution in [1.29, 1.82) is 0 Å². The van der Waals surface area contributed by atoms with Crippen molar-refractivity contribution in [2.75, 3.05) is 18.0 Å². The SMILES string of the molecule is CC1CCC(Cn2c(N3CCN(C(=O)C4CC4)[C@@H]4CCC[C@H]43)nc3cc(C4NOC(=O)N4)nc(-c4cncc(Cl)c4)c32)CC1. The quantitative estimate of drug-likeness (QED) is 0.387.